The number of rotatable bonds is 4. The maximum atomic E-state index is 13.3. The molecule has 4 heteroatoms. The maximum Gasteiger partial charge on any atom is 0.163 e. The molecule has 0 radical (unpaired) electrons. The summed E-state index contributed by atoms with van der Waals surface area (Å²) in [6.07, 6.45) is -1.18. The number of carbonyl (C=O) groups excluding carboxylic acids is 1. The van der Waals surface area contributed by atoms with Crippen molar-refractivity contribution in [1.29, 1.82) is 0 Å². The number of ether oxygens (including phenoxy) is 2. The second-order valence-electron chi connectivity index (χ2n) is 3.47. The SMILES string of the molecule is COc1cc(C(C)F)c(OC)cc1C(C)=O. The van der Waals surface area contributed by atoms with Crippen LogP contribution in [-0.2, 0) is 0 Å². The lowest BCUT2D eigenvalue weighted by atomic mass is 10.0. The van der Waals surface area contributed by atoms with Gasteiger partial charge in [-0.25, -0.2) is 4.39 Å². The number of ketones is 1. The first-order valence-electron chi connectivity index (χ1n) is 4.92. The molecule has 0 saturated carbocycles. The van der Waals surface area contributed by atoms with E-state index in [-0.39, 0.29) is 5.78 Å². The summed E-state index contributed by atoms with van der Waals surface area (Å²) >= 11 is 0. The van der Waals surface area contributed by atoms with Gasteiger partial charge in [0.25, 0.3) is 0 Å². The standard InChI is InChI=1S/C12H15FO3/c1-7(13)9-5-12(16-4)10(8(2)14)6-11(9)15-3/h5-7H,1-4H3. The van der Waals surface area contributed by atoms with E-state index in [2.05, 4.69) is 0 Å². The molecule has 16 heavy (non-hydrogen) atoms. The third kappa shape index (κ3) is 2.32. The van der Waals surface area contributed by atoms with E-state index in [0.717, 1.165) is 0 Å². The maximum absolute atomic E-state index is 13.3. The van der Waals surface area contributed by atoms with Crippen molar-refractivity contribution in [2.24, 2.45) is 0 Å². The summed E-state index contributed by atoms with van der Waals surface area (Å²) in [4.78, 5) is 11.3. The Hall–Kier alpha value is -1.58. The van der Waals surface area contributed by atoms with Gasteiger partial charge in [-0.1, -0.05) is 0 Å². The summed E-state index contributed by atoms with van der Waals surface area (Å²) in [5, 5.41) is 0. The molecule has 0 fully saturated rings. The van der Waals surface area contributed by atoms with Gasteiger partial charge in [0, 0.05) is 5.56 Å². The molecule has 0 aliphatic rings. The van der Waals surface area contributed by atoms with Crippen molar-refractivity contribution in [3.63, 3.8) is 0 Å². The van der Waals surface area contributed by atoms with Gasteiger partial charge in [-0.3, -0.25) is 4.79 Å². The van der Waals surface area contributed by atoms with Crippen LogP contribution in [-0.4, -0.2) is 20.0 Å². The first kappa shape index (κ1) is 12.5. The molecule has 3 nitrogen and oxygen atoms in total. The normalized spacial score (nSPS) is 12.1. The second kappa shape index (κ2) is 4.96. The van der Waals surface area contributed by atoms with Crippen LogP contribution in [0.4, 0.5) is 4.39 Å². The largest absolute Gasteiger partial charge is 0.496 e. The molecule has 0 heterocycles. The minimum Gasteiger partial charge on any atom is -0.496 e. The molecule has 0 aliphatic heterocycles. The predicted octanol–water partition coefficient (Wildman–Crippen LogP) is 2.94. The Morgan fingerprint density at radius 2 is 1.81 bits per heavy atom. The quantitative estimate of drug-likeness (QED) is 0.740. The average Bonchev–Trinajstić information content (AvgIpc) is 2.26. The lowest BCUT2D eigenvalue weighted by Crippen LogP contribution is -2.02. The van der Waals surface area contributed by atoms with Crippen LogP contribution in [0.15, 0.2) is 12.1 Å². The van der Waals surface area contributed by atoms with Crippen molar-refractivity contribution in [1.82, 2.24) is 0 Å². The summed E-state index contributed by atoms with van der Waals surface area (Å²) in [7, 11) is 2.89. The third-order valence-electron chi connectivity index (χ3n) is 2.36. The van der Waals surface area contributed by atoms with Crippen LogP contribution in [0.1, 0.15) is 35.9 Å². The lowest BCUT2D eigenvalue weighted by Gasteiger charge is -2.14. The zero-order valence-corrected chi connectivity index (χ0v) is 9.83. The molecule has 88 valence electrons. The van der Waals surface area contributed by atoms with E-state index >= 15 is 0 Å². The van der Waals surface area contributed by atoms with E-state index in [1.54, 1.807) is 0 Å². The van der Waals surface area contributed by atoms with Crippen molar-refractivity contribution < 1.29 is 18.7 Å². The summed E-state index contributed by atoms with van der Waals surface area (Å²) in [6.45, 7) is 2.83. The topological polar surface area (TPSA) is 35.5 Å². The van der Waals surface area contributed by atoms with Gasteiger partial charge in [-0.05, 0) is 26.0 Å². The van der Waals surface area contributed by atoms with Gasteiger partial charge >= 0.3 is 0 Å². The molecule has 1 unspecified atom stereocenters. The Labute approximate surface area is 94.2 Å². The van der Waals surface area contributed by atoms with Crippen LogP contribution < -0.4 is 9.47 Å². The van der Waals surface area contributed by atoms with Crippen LogP contribution in [0, 0.1) is 0 Å². The van der Waals surface area contributed by atoms with Crippen LogP contribution in [0.25, 0.3) is 0 Å². The van der Waals surface area contributed by atoms with Crippen LogP contribution in [0.3, 0.4) is 0 Å². The van der Waals surface area contributed by atoms with Gasteiger partial charge in [0.05, 0.1) is 19.8 Å². The van der Waals surface area contributed by atoms with Crippen molar-refractivity contribution in [2.45, 2.75) is 20.0 Å². The van der Waals surface area contributed by atoms with E-state index in [4.69, 9.17) is 9.47 Å². The molecular formula is C12H15FO3. The smallest absolute Gasteiger partial charge is 0.163 e. The van der Waals surface area contributed by atoms with Crippen molar-refractivity contribution in [3.05, 3.63) is 23.3 Å². The van der Waals surface area contributed by atoms with Crippen LogP contribution >= 0.6 is 0 Å². The first-order chi connectivity index (χ1) is 7.51. The Kier molecular flexibility index (Phi) is 3.88. The van der Waals surface area contributed by atoms with E-state index in [1.165, 1.54) is 40.2 Å². The molecule has 0 bridgehead atoms. The Morgan fingerprint density at radius 1 is 1.25 bits per heavy atom. The predicted molar refractivity (Wildman–Crippen MR) is 59.1 cm³/mol. The van der Waals surface area contributed by atoms with Crippen LogP contribution in [0.2, 0.25) is 0 Å². The van der Waals surface area contributed by atoms with Gasteiger partial charge in [-0.15, -0.1) is 0 Å². The fraction of sp³-hybridized carbons (Fsp3) is 0.417. The summed E-state index contributed by atoms with van der Waals surface area (Å²) in [5.41, 5.74) is 0.771. The van der Waals surface area contributed by atoms with Crippen LogP contribution in [0.5, 0.6) is 11.5 Å². The molecule has 1 aromatic rings. The number of methoxy groups -OCH3 is 2. The van der Waals surface area contributed by atoms with Gasteiger partial charge < -0.3 is 9.47 Å². The average molecular weight is 226 g/mol. The zero-order chi connectivity index (χ0) is 12.3. The second-order valence-corrected chi connectivity index (χ2v) is 3.47. The highest BCUT2D eigenvalue weighted by molar-refractivity contribution is 5.97. The van der Waals surface area contributed by atoms with Crippen molar-refractivity contribution in [3.8, 4) is 11.5 Å². The molecule has 0 aromatic heterocycles. The number of Topliss-reactive ketones (excluding diaryl/α,β-unsaturated/α-hetero) is 1. The number of hydrogen-bond donors (Lipinski definition) is 0. The van der Waals surface area contributed by atoms with Crippen molar-refractivity contribution in [2.75, 3.05) is 14.2 Å². The molecular weight excluding hydrogens is 211 g/mol. The van der Waals surface area contributed by atoms with Gasteiger partial charge in [-0.2, -0.15) is 0 Å². The van der Waals surface area contributed by atoms with E-state index in [1.807, 2.05) is 0 Å². The minimum atomic E-state index is -1.18. The number of hydrogen-bond acceptors (Lipinski definition) is 3. The molecule has 1 atom stereocenters. The summed E-state index contributed by atoms with van der Waals surface area (Å²) < 4.78 is 23.4. The van der Waals surface area contributed by atoms with E-state index < -0.39 is 6.17 Å². The number of alkyl halides is 1. The molecule has 1 aromatic carbocycles. The zero-order valence-electron chi connectivity index (χ0n) is 9.83. The van der Waals surface area contributed by atoms with E-state index in [0.29, 0.717) is 22.6 Å². The number of halogens is 1. The molecule has 0 aliphatic carbocycles. The highest BCUT2D eigenvalue weighted by Crippen LogP contribution is 2.34. The van der Waals surface area contributed by atoms with Crippen molar-refractivity contribution >= 4 is 5.78 Å². The third-order valence-corrected chi connectivity index (χ3v) is 2.36. The van der Waals surface area contributed by atoms with Gasteiger partial charge in [0.15, 0.2) is 5.78 Å². The minimum absolute atomic E-state index is 0.145. The Bertz CT molecular complexity index is 399. The molecule has 0 N–H and O–H groups in total. The Balaban J connectivity index is 3.40. The number of carbonyl (C=O) groups is 1. The monoisotopic (exact) mass is 226 g/mol. The lowest BCUT2D eigenvalue weighted by molar-refractivity contribution is 0.101. The summed E-state index contributed by atoms with van der Waals surface area (Å²) in [5.74, 6) is 0.585. The fourth-order valence-electron chi connectivity index (χ4n) is 1.51. The molecule has 0 amide bonds. The molecule has 1 rings (SSSR count). The first-order valence-corrected chi connectivity index (χ1v) is 4.92. The van der Waals surface area contributed by atoms with Gasteiger partial charge in [0.2, 0.25) is 0 Å². The van der Waals surface area contributed by atoms with E-state index in [9.17, 15) is 9.18 Å². The molecule has 0 spiro atoms. The number of benzene rings is 1. The Morgan fingerprint density at radius 3 is 2.19 bits per heavy atom. The summed E-state index contributed by atoms with van der Waals surface area (Å²) in [6, 6.07) is 3.01. The van der Waals surface area contributed by atoms with Gasteiger partial charge in [0.1, 0.15) is 17.7 Å². The molecule has 0 saturated heterocycles. The highest BCUT2D eigenvalue weighted by Gasteiger charge is 2.17. The highest BCUT2D eigenvalue weighted by atomic mass is 19.1. The fourth-order valence-corrected chi connectivity index (χ4v) is 1.51.